The predicted octanol–water partition coefficient (Wildman–Crippen LogP) is 2.41. The van der Waals surface area contributed by atoms with E-state index in [1.54, 1.807) is 31.4 Å². The highest BCUT2D eigenvalue weighted by Crippen LogP contribution is 2.20. The van der Waals surface area contributed by atoms with E-state index in [9.17, 15) is 9.18 Å². The lowest BCUT2D eigenvalue weighted by Crippen LogP contribution is -2.55. The number of nitrogens with zero attached hydrogens (tertiary/aromatic N) is 4. The van der Waals surface area contributed by atoms with Crippen molar-refractivity contribution in [1.82, 2.24) is 20.1 Å². The number of carbonyl (C=O) groups excluding carboxylic acids is 1. The second-order valence-corrected chi connectivity index (χ2v) is 7.78. The molecule has 2 aliphatic heterocycles. The Hall–Kier alpha value is -3.20. The van der Waals surface area contributed by atoms with Crippen LogP contribution in [0.1, 0.15) is 18.4 Å². The molecule has 4 rings (SSSR count). The molecule has 0 saturated carbocycles. The van der Waals surface area contributed by atoms with Crippen molar-refractivity contribution in [3.63, 3.8) is 0 Å². The first kappa shape index (κ1) is 22.0. The van der Waals surface area contributed by atoms with Crippen molar-refractivity contribution in [3.8, 4) is 11.6 Å². The summed E-state index contributed by atoms with van der Waals surface area (Å²) in [7, 11) is 1.75. The van der Waals surface area contributed by atoms with Gasteiger partial charge in [0.1, 0.15) is 17.7 Å². The number of halogens is 1. The third-order valence-corrected chi connectivity index (χ3v) is 5.57. The number of guanidine groups is 1. The average molecular weight is 442 g/mol. The van der Waals surface area contributed by atoms with Crippen molar-refractivity contribution in [2.45, 2.75) is 25.5 Å². The fourth-order valence-electron chi connectivity index (χ4n) is 3.86. The Kier molecular flexibility index (Phi) is 7.16. The number of rotatable bonds is 5. The van der Waals surface area contributed by atoms with Gasteiger partial charge in [-0.05, 0) is 30.5 Å². The maximum atomic E-state index is 13.3. The molecule has 1 unspecified atom stereocenters. The molecule has 2 aromatic rings. The smallest absolute Gasteiger partial charge is 0.251 e. The van der Waals surface area contributed by atoms with Crippen LogP contribution >= 0.6 is 0 Å². The van der Waals surface area contributed by atoms with E-state index in [1.165, 1.54) is 12.1 Å². The molecule has 1 amide bonds. The van der Waals surface area contributed by atoms with Crippen LogP contribution in [0.15, 0.2) is 47.6 Å². The molecule has 1 aromatic carbocycles. The van der Waals surface area contributed by atoms with Gasteiger partial charge in [0.25, 0.3) is 5.91 Å². The van der Waals surface area contributed by atoms with Gasteiger partial charge in [-0.25, -0.2) is 9.37 Å². The third-order valence-electron chi connectivity index (χ3n) is 5.57. The molecule has 0 radical (unpaired) electrons. The van der Waals surface area contributed by atoms with Gasteiger partial charge in [-0.2, -0.15) is 0 Å². The Bertz CT molecular complexity index is 939. The van der Waals surface area contributed by atoms with Crippen LogP contribution in [0.4, 0.5) is 4.39 Å². The number of hydrogen-bond donors (Lipinski definition) is 1. The minimum absolute atomic E-state index is 0.108. The number of aliphatic imine (C=N–C) groups is 1. The predicted molar refractivity (Wildman–Crippen MR) is 118 cm³/mol. The molecule has 3 heterocycles. The molecule has 2 fully saturated rings. The molecule has 0 spiro atoms. The molecule has 0 aliphatic carbocycles. The van der Waals surface area contributed by atoms with E-state index < -0.39 is 0 Å². The number of piperazine rings is 1. The van der Waals surface area contributed by atoms with E-state index >= 15 is 0 Å². The van der Waals surface area contributed by atoms with E-state index in [2.05, 4.69) is 20.2 Å². The van der Waals surface area contributed by atoms with Crippen LogP contribution in [-0.4, -0.2) is 72.6 Å². The van der Waals surface area contributed by atoms with Crippen LogP contribution < -0.4 is 10.1 Å². The van der Waals surface area contributed by atoms with E-state index in [0.717, 1.165) is 37.5 Å². The highest BCUT2D eigenvalue weighted by atomic mass is 19.1. The van der Waals surface area contributed by atoms with Gasteiger partial charge in [-0.15, -0.1) is 0 Å². The van der Waals surface area contributed by atoms with Crippen molar-refractivity contribution in [2.24, 2.45) is 4.99 Å². The Labute approximate surface area is 187 Å². The Morgan fingerprint density at radius 3 is 2.72 bits per heavy atom. The topological polar surface area (TPSA) is 79.3 Å². The second-order valence-electron chi connectivity index (χ2n) is 7.78. The Morgan fingerprint density at radius 2 is 2.06 bits per heavy atom. The van der Waals surface area contributed by atoms with Gasteiger partial charge in [-0.1, -0.05) is 12.1 Å². The summed E-state index contributed by atoms with van der Waals surface area (Å²) in [6.45, 7) is 3.99. The van der Waals surface area contributed by atoms with Crippen molar-refractivity contribution in [2.75, 3.05) is 39.8 Å². The summed E-state index contributed by atoms with van der Waals surface area (Å²) in [6, 6.07) is 9.60. The van der Waals surface area contributed by atoms with Crippen LogP contribution in [0, 0.1) is 5.82 Å². The molecule has 1 aromatic heterocycles. The zero-order chi connectivity index (χ0) is 22.3. The fraction of sp³-hybridized carbons (Fsp3) is 0.435. The highest BCUT2D eigenvalue weighted by molar-refractivity contribution is 5.82. The number of pyridine rings is 1. The number of ether oxygens (including phenoxy) is 2. The lowest BCUT2D eigenvalue weighted by atomic mass is 10.2. The van der Waals surface area contributed by atoms with Gasteiger partial charge in [0.05, 0.1) is 0 Å². The molecule has 8 nitrogen and oxygen atoms in total. The van der Waals surface area contributed by atoms with E-state index in [1.807, 2.05) is 11.0 Å². The van der Waals surface area contributed by atoms with Crippen LogP contribution in [0.2, 0.25) is 0 Å². The summed E-state index contributed by atoms with van der Waals surface area (Å²) >= 11 is 0. The van der Waals surface area contributed by atoms with Gasteiger partial charge in [-0.3, -0.25) is 9.79 Å². The lowest BCUT2D eigenvalue weighted by Gasteiger charge is -2.37. The van der Waals surface area contributed by atoms with Gasteiger partial charge >= 0.3 is 0 Å². The van der Waals surface area contributed by atoms with Gasteiger partial charge in [0.15, 0.2) is 5.96 Å². The van der Waals surface area contributed by atoms with Gasteiger partial charge in [0, 0.05) is 64.7 Å². The minimum atomic E-state index is -0.355. The fourth-order valence-corrected chi connectivity index (χ4v) is 3.86. The number of carbonyl (C=O) groups is 1. The molecular weight excluding hydrogens is 413 g/mol. The average Bonchev–Trinajstić information content (AvgIpc) is 3.36. The molecule has 1 N–H and O–H groups in total. The van der Waals surface area contributed by atoms with Crippen LogP contribution in [0.3, 0.4) is 0 Å². The van der Waals surface area contributed by atoms with Crippen molar-refractivity contribution < 1.29 is 18.7 Å². The Morgan fingerprint density at radius 1 is 1.25 bits per heavy atom. The second kappa shape index (κ2) is 10.4. The molecule has 32 heavy (non-hydrogen) atoms. The van der Waals surface area contributed by atoms with Gasteiger partial charge in [0.2, 0.25) is 5.88 Å². The summed E-state index contributed by atoms with van der Waals surface area (Å²) in [5.74, 6) is 1.34. The summed E-state index contributed by atoms with van der Waals surface area (Å²) < 4.78 is 24.4. The van der Waals surface area contributed by atoms with E-state index in [4.69, 9.17) is 9.47 Å². The SMILES string of the molecule is CN=C(NCc1ccc(Oc2cccc(F)c2)nc1)N1CCN(C(=O)C2CCCO2)CC1. The summed E-state index contributed by atoms with van der Waals surface area (Å²) in [4.78, 5) is 25.2. The molecule has 2 aliphatic rings. The summed E-state index contributed by atoms with van der Waals surface area (Å²) in [5, 5.41) is 3.35. The van der Waals surface area contributed by atoms with Gasteiger partial charge < -0.3 is 24.6 Å². The minimum Gasteiger partial charge on any atom is -0.439 e. The lowest BCUT2D eigenvalue weighted by molar-refractivity contribution is -0.142. The molecule has 9 heteroatoms. The maximum absolute atomic E-state index is 13.3. The molecular formula is C23H28FN5O3. The zero-order valence-electron chi connectivity index (χ0n) is 18.2. The standard InChI is InChI=1S/C23H28FN5O3/c1-25-23(29-11-9-28(10-12-29)22(30)20-6-3-13-31-20)27-16-17-7-8-21(26-15-17)32-19-5-2-4-18(24)14-19/h2,4-5,7-8,14-15,20H,3,6,9-13,16H2,1H3,(H,25,27). The summed E-state index contributed by atoms with van der Waals surface area (Å²) in [5.41, 5.74) is 0.963. The third kappa shape index (κ3) is 5.53. The maximum Gasteiger partial charge on any atom is 0.251 e. The number of hydrogen-bond acceptors (Lipinski definition) is 5. The van der Waals surface area contributed by atoms with Crippen LogP contribution in [0.25, 0.3) is 0 Å². The normalized spacial score (nSPS) is 19.2. The monoisotopic (exact) mass is 441 g/mol. The first-order chi connectivity index (χ1) is 15.6. The van der Waals surface area contributed by atoms with E-state index in [-0.39, 0.29) is 17.8 Å². The summed E-state index contributed by atoms with van der Waals surface area (Å²) in [6.07, 6.45) is 3.23. The number of nitrogens with one attached hydrogen (secondary N) is 1. The highest BCUT2D eigenvalue weighted by Gasteiger charge is 2.30. The first-order valence-electron chi connectivity index (χ1n) is 10.9. The quantitative estimate of drug-likeness (QED) is 0.567. The largest absolute Gasteiger partial charge is 0.439 e. The van der Waals surface area contributed by atoms with E-state index in [0.29, 0.717) is 37.9 Å². The number of aromatic nitrogens is 1. The number of amides is 1. The molecule has 2 saturated heterocycles. The molecule has 0 bridgehead atoms. The van der Waals surface area contributed by atoms with Crippen molar-refractivity contribution in [1.29, 1.82) is 0 Å². The number of benzene rings is 1. The zero-order valence-corrected chi connectivity index (χ0v) is 18.2. The molecule has 1 atom stereocenters. The molecule has 170 valence electrons. The first-order valence-corrected chi connectivity index (χ1v) is 10.9. The Balaban J connectivity index is 1.25. The van der Waals surface area contributed by atoms with Crippen molar-refractivity contribution in [3.05, 3.63) is 54.0 Å². The van der Waals surface area contributed by atoms with Crippen LogP contribution in [0.5, 0.6) is 11.6 Å². The van der Waals surface area contributed by atoms with Crippen LogP contribution in [-0.2, 0) is 16.1 Å². The van der Waals surface area contributed by atoms with Crippen molar-refractivity contribution >= 4 is 11.9 Å².